The lowest BCUT2D eigenvalue weighted by molar-refractivity contribution is 0.579. The quantitative estimate of drug-likeness (QED) is 0.936. The van der Waals surface area contributed by atoms with Crippen molar-refractivity contribution in [1.29, 1.82) is 0 Å². The number of aromatic nitrogens is 1. The highest BCUT2D eigenvalue weighted by Crippen LogP contribution is 2.14. The van der Waals surface area contributed by atoms with Gasteiger partial charge < -0.3 is 0 Å². The number of hydrogen-bond donors (Lipinski definition) is 1. The summed E-state index contributed by atoms with van der Waals surface area (Å²) in [5.41, 5.74) is 2.58. The molecule has 1 N–H and O–H groups in total. The van der Waals surface area contributed by atoms with E-state index < -0.39 is 15.8 Å². The molecule has 0 aliphatic rings. The maximum absolute atomic E-state index is 13.1. The van der Waals surface area contributed by atoms with E-state index in [9.17, 15) is 12.8 Å². The Morgan fingerprint density at radius 1 is 1.44 bits per heavy atom. The molecular formula is C11H11FN2O2S2. The first-order valence-electron chi connectivity index (χ1n) is 5.12. The summed E-state index contributed by atoms with van der Waals surface area (Å²) in [6.45, 7) is 1.65. The van der Waals surface area contributed by atoms with Crippen molar-refractivity contribution in [2.45, 2.75) is 18.4 Å². The van der Waals surface area contributed by atoms with Gasteiger partial charge in [0.1, 0.15) is 5.82 Å². The molecule has 0 radical (unpaired) electrons. The van der Waals surface area contributed by atoms with Crippen molar-refractivity contribution in [2.24, 2.45) is 0 Å². The molecule has 1 heterocycles. The summed E-state index contributed by atoms with van der Waals surface area (Å²) in [4.78, 5) is 4.03. The first kappa shape index (κ1) is 13.1. The normalized spacial score (nSPS) is 11.7. The lowest BCUT2D eigenvalue weighted by atomic mass is 10.2. The van der Waals surface area contributed by atoms with Crippen LogP contribution in [0, 0.1) is 12.7 Å². The minimum Gasteiger partial charge on any atom is -0.248 e. The maximum Gasteiger partial charge on any atom is 0.240 e. The zero-order valence-corrected chi connectivity index (χ0v) is 11.2. The van der Waals surface area contributed by atoms with Crippen LogP contribution in [0.3, 0.4) is 0 Å². The van der Waals surface area contributed by atoms with Crippen LogP contribution in [0.2, 0.25) is 0 Å². The van der Waals surface area contributed by atoms with Crippen LogP contribution in [0.25, 0.3) is 0 Å². The average Bonchev–Trinajstić information content (AvgIpc) is 2.83. The smallest absolute Gasteiger partial charge is 0.240 e. The summed E-state index contributed by atoms with van der Waals surface area (Å²) < 4.78 is 39.4. The SMILES string of the molecule is Cc1cc(S(=O)(=O)NCc2cscn2)ccc1F. The van der Waals surface area contributed by atoms with E-state index in [2.05, 4.69) is 9.71 Å². The average molecular weight is 286 g/mol. The van der Waals surface area contributed by atoms with Gasteiger partial charge in [-0.25, -0.2) is 22.5 Å². The molecule has 96 valence electrons. The van der Waals surface area contributed by atoms with Crippen molar-refractivity contribution in [1.82, 2.24) is 9.71 Å². The Bertz CT molecular complexity index is 639. The van der Waals surface area contributed by atoms with Gasteiger partial charge in [0.15, 0.2) is 0 Å². The Morgan fingerprint density at radius 2 is 2.22 bits per heavy atom. The van der Waals surface area contributed by atoms with E-state index in [-0.39, 0.29) is 11.4 Å². The van der Waals surface area contributed by atoms with Crippen molar-refractivity contribution in [3.8, 4) is 0 Å². The van der Waals surface area contributed by atoms with Crippen LogP contribution in [0.1, 0.15) is 11.3 Å². The fourth-order valence-electron chi connectivity index (χ4n) is 1.36. The van der Waals surface area contributed by atoms with Gasteiger partial charge in [-0.1, -0.05) is 0 Å². The third-order valence-electron chi connectivity index (χ3n) is 2.37. The van der Waals surface area contributed by atoms with E-state index in [0.717, 1.165) is 6.07 Å². The molecule has 0 bridgehead atoms. The molecule has 0 saturated heterocycles. The molecule has 0 saturated carbocycles. The number of hydrogen-bond acceptors (Lipinski definition) is 4. The minimum absolute atomic E-state index is 0.0524. The molecule has 18 heavy (non-hydrogen) atoms. The van der Waals surface area contributed by atoms with Gasteiger partial charge in [-0.2, -0.15) is 0 Å². The molecule has 2 aromatic rings. The van der Waals surface area contributed by atoms with Crippen LogP contribution in [-0.2, 0) is 16.6 Å². The fourth-order valence-corrected chi connectivity index (χ4v) is 3.00. The summed E-state index contributed by atoms with van der Waals surface area (Å²) in [6.07, 6.45) is 0. The molecule has 0 atom stereocenters. The number of thiazole rings is 1. The van der Waals surface area contributed by atoms with E-state index in [1.54, 1.807) is 10.9 Å². The van der Waals surface area contributed by atoms with Crippen LogP contribution < -0.4 is 4.72 Å². The molecule has 2 rings (SSSR count). The Morgan fingerprint density at radius 3 is 2.83 bits per heavy atom. The standard InChI is InChI=1S/C11H11FN2O2S2/c1-8-4-10(2-3-11(8)12)18(15,16)14-5-9-6-17-7-13-9/h2-4,6-7,14H,5H2,1H3. The van der Waals surface area contributed by atoms with E-state index in [1.807, 2.05) is 0 Å². The Kier molecular flexibility index (Phi) is 3.74. The summed E-state index contributed by atoms with van der Waals surface area (Å²) in [5.74, 6) is -0.423. The summed E-state index contributed by atoms with van der Waals surface area (Å²) >= 11 is 1.39. The highest BCUT2D eigenvalue weighted by atomic mass is 32.2. The van der Waals surface area contributed by atoms with E-state index in [4.69, 9.17) is 0 Å². The van der Waals surface area contributed by atoms with Gasteiger partial charge in [0, 0.05) is 5.38 Å². The molecule has 7 heteroatoms. The van der Waals surface area contributed by atoms with Crippen LogP contribution in [0.4, 0.5) is 4.39 Å². The van der Waals surface area contributed by atoms with Gasteiger partial charge in [0.2, 0.25) is 10.0 Å². The second kappa shape index (κ2) is 5.13. The predicted octanol–water partition coefficient (Wildman–Crippen LogP) is 2.07. The summed E-state index contributed by atoms with van der Waals surface area (Å²) in [6, 6.07) is 3.69. The number of benzene rings is 1. The van der Waals surface area contributed by atoms with Crippen molar-refractivity contribution in [2.75, 3.05) is 0 Å². The molecule has 0 spiro atoms. The minimum atomic E-state index is -3.63. The molecule has 0 unspecified atom stereocenters. The van der Waals surface area contributed by atoms with Gasteiger partial charge in [-0.05, 0) is 30.7 Å². The van der Waals surface area contributed by atoms with Crippen LogP contribution >= 0.6 is 11.3 Å². The monoisotopic (exact) mass is 286 g/mol. The lowest BCUT2D eigenvalue weighted by Gasteiger charge is -2.06. The van der Waals surface area contributed by atoms with Crippen LogP contribution in [0.5, 0.6) is 0 Å². The molecular weight excluding hydrogens is 275 g/mol. The van der Waals surface area contributed by atoms with Gasteiger partial charge in [0.25, 0.3) is 0 Å². The Balaban J connectivity index is 2.17. The number of halogens is 1. The zero-order chi connectivity index (χ0) is 13.2. The number of sulfonamides is 1. The van der Waals surface area contributed by atoms with Gasteiger partial charge >= 0.3 is 0 Å². The fraction of sp³-hybridized carbons (Fsp3) is 0.182. The van der Waals surface area contributed by atoms with Gasteiger partial charge in [-0.15, -0.1) is 11.3 Å². The van der Waals surface area contributed by atoms with E-state index in [1.165, 1.54) is 30.4 Å². The lowest BCUT2D eigenvalue weighted by Crippen LogP contribution is -2.23. The van der Waals surface area contributed by atoms with Crippen molar-refractivity contribution in [3.05, 3.63) is 46.2 Å². The van der Waals surface area contributed by atoms with Gasteiger partial charge in [0.05, 0.1) is 22.6 Å². The van der Waals surface area contributed by atoms with Gasteiger partial charge in [-0.3, -0.25) is 0 Å². The number of nitrogens with zero attached hydrogens (tertiary/aromatic N) is 1. The Hall–Kier alpha value is -1.31. The second-order valence-corrected chi connectivity index (χ2v) is 6.20. The third kappa shape index (κ3) is 2.92. The summed E-state index contributed by atoms with van der Waals surface area (Å²) in [7, 11) is -3.63. The molecule has 0 aliphatic heterocycles. The third-order valence-corrected chi connectivity index (χ3v) is 4.40. The van der Waals surface area contributed by atoms with Crippen molar-refractivity contribution >= 4 is 21.4 Å². The van der Waals surface area contributed by atoms with Crippen molar-refractivity contribution < 1.29 is 12.8 Å². The molecule has 4 nitrogen and oxygen atoms in total. The highest BCUT2D eigenvalue weighted by Gasteiger charge is 2.15. The second-order valence-electron chi connectivity index (χ2n) is 3.72. The van der Waals surface area contributed by atoms with Crippen LogP contribution in [-0.4, -0.2) is 13.4 Å². The number of aryl methyl sites for hydroxylation is 1. The topological polar surface area (TPSA) is 59.1 Å². The summed E-state index contributed by atoms with van der Waals surface area (Å²) in [5, 5.41) is 1.76. The van der Waals surface area contributed by atoms with Crippen molar-refractivity contribution in [3.63, 3.8) is 0 Å². The number of rotatable bonds is 4. The zero-order valence-electron chi connectivity index (χ0n) is 9.55. The number of nitrogens with one attached hydrogen (secondary N) is 1. The Labute approximate surface area is 109 Å². The molecule has 1 aromatic heterocycles. The van der Waals surface area contributed by atoms with E-state index >= 15 is 0 Å². The molecule has 1 aromatic carbocycles. The molecule has 0 aliphatic carbocycles. The first-order valence-corrected chi connectivity index (χ1v) is 7.54. The highest BCUT2D eigenvalue weighted by molar-refractivity contribution is 7.89. The molecule has 0 amide bonds. The molecule has 0 fully saturated rings. The van der Waals surface area contributed by atoms with Crippen LogP contribution in [0.15, 0.2) is 34.0 Å². The first-order chi connectivity index (χ1) is 8.49. The van der Waals surface area contributed by atoms with E-state index in [0.29, 0.717) is 11.3 Å². The predicted molar refractivity (Wildman–Crippen MR) is 67.3 cm³/mol. The largest absolute Gasteiger partial charge is 0.248 e. The maximum atomic E-state index is 13.1.